The molecule has 64 valence electrons. The van der Waals surface area contributed by atoms with Crippen molar-refractivity contribution in [2.45, 2.75) is 19.8 Å². The zero-order valence-electron chi connectivity index (χ0n) is 6.99. The van der Waals surface area contributed by atoms with E-state index in [2.05, 4.69) is 4.98 Å². The summed E-state index contributed by atoms with van der Waals surface area (Å²) in [6.45, 7) is 1.94. The van der Waals surface area contributed by atoms with Gasteiger partial charge in [0, 0.05) is 12.6 Å². The molecule has 0 amide bonds. The van der Waals surface area contributed by atoms with Crippen LogP contribution in [0.4, 0.5) is 0 Å². The highest BCUT2D eigenvalue weighted by Crippen LogP contribution is 2.07. The average Bonchev–Trinajstić information content (AvgIpc) is 2.06. The Bertz CT molecular complexity index is 246. The average molecular weight is 165 g/mol. The fourth-order valence-electron chi connectivity index (χ4n) is 0.794. The Morgan fingerprint density at radius 1 is 1.67 bits per heavy atom. The fraction of sp³-hybridized carbons (Fsp3) is 0.333. The summed E-state index contributed by atoms with van der Waals surface area (Å²) in [7, 11) is 0. The molecule has 0 aliphatic rings. The highest BCUT2D eigenvalue weighted by molar-refractivity contribution is 5.72. The topological polar surface area (TPSA) is 39.2 Å². The lowest BCUT2D eigenvalue weighted by molar-refractivity contribution is -0.134. The molecule has 12 heavy (non-hydrogen) atoms. The Morgan fingerprint density at radius 3 is 3.08 bits per heavy atom. The molecule has 0 bridgehead atoms. The Balaban J connectivity index is 2.47. The molecule has 0 saturated carbocycles. The van der Waals surface area contributed by atoms with E-state index in [0.29, 0.717) is 12.2 Å². The van der Waals surface area contributed by atoms with Gasteiger partial charge in [0.05, 0.1) is 6.20 Å². The van der Waals surface area contributed by atoms with Crippen LogP contribution in [0.5, 0.6) is 5.75 Å². The zero-order valence-corrected chi connectivity index (χ0v) is 6.99. The summed E-state index contributed by atoms with van der Waals surface area (Å²) in [4.78, 5) is 14.8. The van der Waals surface area contributed by atoms with Crippen molar-refractivity contribution in [3.63, 3.8) is 0 Å². The van der Waals surface area contributed by atoms with E-state index in [1.807, 2.05) is 6.92 Å². The molecule has 0 aliphatic heterocycles. The van der Waals surface area contributed by atoms with Crippen molar-refractivity contribution in [2.75, 3.05) is 0 Å². The number of nitrogens with zero attached hydrogens (tertiary/aromatic N) is 1. The smallest absolute Gasteiger partial charge is 0.311 e. The van der Waals surface area contributed by atoms with Crippen molar-refractivity contribution in [3.05, 3.63) is 24.5 Å². The van der Waals surface area contributed by atoms with Gasteiger partial charge in [-0.05, 0) is 18.6 Å². The van der Waals surface area contributed by atoms with Gasteiger partial charge in [-0.15, -0.1) is 0 Å². The fourth-order valence-corrected chi connectivity index (χ4v) is 0.794. The largest absolute Gasteiger partial charge is 0.425 e. The van der Waals surface area contributed by atoms with E-state index < -0.39 is 0 Å². The molecule has 1 aromatic heterocycles. The molecule has 0 spiro atoms. The predicted octanol–water partition coefficient (Wildman–Crippen LogP) is 1.79. The molecule has 1 aromatic rings. The molecule has 0 atom stereocenters. The molecular weight excluding hydrogens is 154 g/mol. The number of hydrogen-bond donors (Lipinski definition) is 0. The molecule has 1 heterocycles. The third-order valence-electron chi connectivity index (χ3n) is 1.32. The molecule has 3 nitrogen and oxygen atoms in total. The molecular formula is C9H11NO2. The lowest BCUT2D eigenvalue weighted by Gasteiger charge is -2.00. The molecule has 0 aliphatic carbocycles. The highest BCUT2D eigenvalue weighted by Gasteiger charge is 2.01. The Hall–Kier alpha value is -1.38. The van der Waals surface area contributed by atoms with Gasteiger partial charge in [0.2, 0.25) is 0 Å². The second kappa shape index (κ2) is 4.49. The first-order valence-corrected chi connectivity index (χ1v) is 3.93. The third kappa shape index (κ3) is 2.70. The predicted molar refractivity (Wildman–Crippen MR) is 44.8 cm³/mol. The quantitative estimate of drug-likeness (QED) is 0.641. The van der Waals surface area contributed by atoms with E-state index in [-0.39, 0.29) is 5.97 Å². The first kappa shape index (κ1) is 8.71. The first-order valence-electron chi connectivity index (χ1n) is 3.93. The van der Waals surface area contributed by atoms with Crippen molar-refractivity contribution < 1.29 is 9.53 Å². The Morgan fingerprint density at radius 2 is 2.50 bits per heavy atom. The molecule has 0 fully saturated rings. The molecule has 1 rings (SSSR count). The highest BCUT2D eigenvalue weighted by atomic mass is 16.5. The maximum atomic E-state index is 11.0. The molecule has 0 aromatic carbocycles. The van der Waals surface area contributed by atoms with Gasteiger partial charge in [0.25, 0.3) is 0 Å². The molecule has 0 N–H and O–H groups in total. The second-order valence-corrected chi connectivity index (χ2v) is 2.41. The summed E-state index contributed by atoms with van der Waals surface area (Å²) >= 11 is 0. The molecule has 0 radical (unpaired) electrons. The van der Waals surface area contributed by atoms with Gasteiger partial charge in [-0.2, -0.15) is 0 Å². The van der Waals surface area contributed by atoms with Gasteiger partial charge in [0.15, 0.2) is 0 Å². The summed E-state index contributed by atoms with van der Waals surface area (Å²) in [6, 6.07) is 3.44. The van der Waals surface area contributed by atoms with Crippen LogP contribution in [0.1, 0.15) is 19.8 Å². The normalized spacial score (nSPS) is 9.42. The van der Waals surface area contributed by atoms with Crippen molar-refractivity contribution in [1.29, 1.82) is 0 Å². The SMILES string of the molecule is CCCC(=O)Oc1cccnc1. The third-order valence-corrected chi connectivity index (χ3v) is 1.32. The molecule has 0 unspecified atom stereocenters. The van der Waals surface area contributed by atoms with Crippen molar-refractivity contribution in [3.8, 4) is 5.75 Å². The van der Waals surface area contributed by atoms with E-state index >= 15 is 0 Å². The lowest BCUT2D eigenvalue weighted by atomic mass is 10.3. The first-order chi connectivity index (χ1) is 5.83. The number of rotatable bonds is 3. The van der Waals surface area contributed by atoms with Crippen molar-refractivity contribution in [2.24, 2.45) is 0 Å². The van der Waals surface area contributed by atoms with Crippen LogP contribution in [-0.2, 0) is 4.79 Å². The van der Waals surface area contributed by atoms with E-state index in [0.717, 1.165) is 6.42 Å². The lowest BCUT2D eigenvalue weighted by Crippen LogP contribution is -2.06. The minimum atomic E-state index is -0.203. The maximum Gasteiger partial charge on any atom is 0.311 e. The van der Waals surface area contributed by atoms with Crippen LogP contribution in [0.15, 0.2) is 24.5 Å². The van der Waals surface area contributed by atoms with Crippen LogP contribution in [0.2, 0.25) is 0 Å². The van der Waals surface area contributed by atoms with E-state index in [1.165, 1.54) is 6.20 Å². The Labute approximate surface area is 71.4 Å². The number of aromatic nitrogens is 1. The number of ether oxygens (including phenoxy) is 1. The van der Waals surface area contributed by atoms with E-state index in [9.17, 15) is 4.79 Å². The van der Waals surface area contributed by atoms with Gasteiger partial charge in [0.1, 0.15) is 5.75 Å². The minimum absolute atomic E-state index is 0.203. The second-order valence-electron chi connectivity index (χ2n) is 2.41. The molecule has 0 saturated heterocycles. The van der Waals surface area contributed by atoms with Gasteiger partial charge in [-0.1, -0.05) is 6.92 Å². The standard InChI is InChI=1S/C9H11NO2/c1-2-4-9(11)12-8-5-3-6-10-7-8/h3,5-7H,2,4H2,1H3. The summed E-state index contributed by atoms with van der Waals surface area (Å²) in [5, 5.41) is 0. The minimum Gasteiger partial charge on any atom is -0.425 e. The molecule has 3 heteroatoms. The van der Waals surface area contributed by atoms with Crippen molar-refractivity contribution >= 4 is 5.97 Å². The number of esters is 1. The van der Waals surface area contributed by atoms with Crippen LogP contribution < -0.4 is 4.74 Å². The van der Waals surface area contributed by atoms with Crippen molar-refractivity contribution in [1.82, 2.24) is 4.98 Å². The van der Waals surface area contributed by atoms with Gasteiger partial charge >= 0.3 is 5.97 Å². The summed E-state index contributed by atoms with van der Waals surface area (Å²) < 4.78 is 4.95. The van der Waals surface area contributed by atoms with E-state index in [1.54, 1.807) is 18.3 Å². The summed E-state index contributed by atoms with van der Waals surface area (Å²) in [5.41, 5.74) is 0. The van der Waals surface area contributed by atoms with E-state index in [4.69, 9.17) is 4.74 Å². The van der Waals surface area contributed by atoms with Gasteiger partial charge in [-0.3, -0.25) is 9.78 Å². The van der Waals surface area contributed by atoms with Gasteiger partial charge < -0.3 is 4.74 Å². The maximum absolute atomic E-state index is 11.0. The Kier molecular flexibility index (Phi) is 3.26. The van der Waals surface area contributed by atoms with Crippen LogP contribution in [0.3, 0.4) is 0 Å². The number of hydrogen-bond acceptors (Lipinski definition) is 3. The number of carbonyl (C=O) groups excluding carboxylic acids is 1. The van der Waals surface area contributed by atoms with Gasteiger partial charge in [-0.25, -0.2) is 0 Å². The zero-order chi connectivity index (χ0) is 8.81. The number of carbonyl (C=O) groups is 1. The van der Waals surface area contributed by atoms with Crippen LogP contribution in [-0.4, -0.2) is 11.0 Å². The monoisotopic (exact) mass is 165 g/mol. The summed E-state index contributed by atoms with van der Waals surface area (Å²) in [6.07, 6.45) is 4.42. The van der Waals surface area contributed by atoms with Crippen LogP contribution in [0, 0.1) is 0 Å². The number of pyridine rings is 1. The van der Waals surface area contributed by atoms with Crippen LogP contribution >= 0.6 is 0 Å². The van der Waals surface area contributed by atoms with Crippen LogP contribution in [0.25, 0.3) is 0 Å². The summed E-state index contributed by atoms with van der Waals surface area (Å²) in [5.74, 6) is 0.307.